The summed E-state index contributed by atoms with van der Waals surface area (Å²) < 4.78 is 10.5. The molecule has 2 aliphatic rings. The first kappa shape index (κ1) is 17.0. The predicted molar refractivity (Wildman–Crippen MR) is 93.4 cm³/mol. The van der Waals surface area contributed by atoms with Crippen molar-refractivity contribution in [3.63, 3.8) is 0 Å². The van der Waals surface area contributed by atoms with Gasteiger partial charge in [0.15, 0.2) is 5.82 Å². The number of aryl methyl sites for hydroxylation is 1. The van der Waals surface area contributed by atoms with Crippen molar-refractivity contribution >= 4 is 5.91 Å². The van der Waals surface area contributed by atoms with Gasteiger partial charge in [-0.25, -0.2) is 10.9 Å². The number of nitrogens with zero attached hydrogens (tertiary/aromatic N) is 3. The number of amides is 1. The summed E-state index contributed by atoms with van der Waals surface area (Å²) in [5.74, 6) is 2.34. The number of hydrogen-bond donors (Lipinski definition) is 2. The molecule has 3 heterocycles. The number of aromatic nitrogens is 2. The minimum absolute atomic E-state index is 0.104. The third-order valence-electron chi connectivity index (χ3n) is 5.11. The highest BCUT2D eigenvalue weighted by Crippen LogP contribution is 2.29. The average molecular weight is 357 g/mol. The molecule has 1 aromatic carbocycles. The first-order valence-corrected chi connectivity index (χ1v) is 8.88. The van der Waals surface area contributed by atoms with E-state index in [0.717, 1.165) is 24.3 Å². The summed E-state index contributed by atoms with van der Waals surface area (Å²) in [7, 11) is 1.65. The monoisotopic (exact) mass is 357 g/mol. The Hall–Kier alpha value is -2.45. The van der Waals surface area contributed by atoms with Gasteiger partial charge in [-0.15, -0.1) is 0 Å². The molecule has 26 heavy (non-hydrogen) atoms. The summed E-state index contributed by atoms with van der Waals surface area (Å²) in [6.45, 7) is 3.15. The van der Waals surface area contributed by atoms with Crippen molar-refractivity contribution in [1.82, 2.24) is 25.9 Å². The van der Waals surface area contributed by atoms with Crippen LogP contribution in [0.25, 0.3) is 0 Å². The Morgan fingerprint density at radius 2 is 2.12 bits per heavy atom. The van der Waals surface area contributed by atoms with Crippen LogP contribution in [-0.2, 0) is 4.79 Å². The van der Waals surface area contributed by atoms with E-state index in [1.807, 2.05) is 29.2 Å². The second-order valence-corrected chi connectivity index (χ2v) is 6.85. The van der Waals surface area contributed by atoms with Crippen LogP contribution in [0.2, 0.25) is 0 Å². The van der Waals surface area contributed by atoms with Crippen LogP contribution in [0.15, 0.2) is 28.8 Å². The van der Waals surface area contributed by atoms with Crippen LogP contribution >= 0.6 is 0 Å². The van der Waals surface area contributed by atoms with Crippen molar-refractivity contribution in [3.05, 3.63) is 41.5 Å². The number of rotatable bonds is 4. The standard InChI is InChI=1S/C18H23N5O3/c1-11-19-17(26-22-11)13-7-8-23(10-13)18(24)16-9-15(20-21-16)12-3-5-14(25-2)6-4-12/h3-6,13,15-16,20-21H,7-10H2,1-2H3. The number of ether oxygens (including phenoxy) is 1. The van der Waals surface area contributed by atoms with Crippen LogP contribution in [0.3, 0.4) is 0 Å². The number of carbonyl (C=O) groups excluding carboxylic acids is 1. The lowest BCUT2D eigenvalue weighted by molar-refractivity contribution is -0.132. The van der Waals surface area contributed by atoms with Crippen molar-refractivity contribution in [1.29, 1.82) is 0 Å². The van der Waals surface area contributed by atoms with E-state index in [1.54, 1.807) is 14.0 Å². The van der Waals surface area contributed by atoms with E-state index in [1.165, 1.54) is 0 Å². The lowest BCUT2D eigenvalue weighted by Crippen LogP contribution is -2.44. The molecule has 0 saturated carbocycles. The molecule has 8 nitrogen and oxygen atoms in total. The first-order valence-electron chi connectivity index (χ1n) is 8.88. The van der Waals surface area contributed by atoms with Gasteiger partial charge in [0.25, 0.3) is 0 Å². The van der Waals surface area contributed by atoms with Gasteiger partial charge in [0.1, 0.15) is 11.8 Å². The number of methoxy groups -OCH3 is 1. The summed E-state index contributed by atoms with van der Waals surface area (Å²) in [5.41, 5.74) is 7.51. The maximum atomic E-state index is 12.8. The molecule has 0 bridgehead atoms. The maximum Gasteiger partial charge on any atom is 0.241 e. The SMILES string of the molecule is COc1ccc(C2CC(C(=O)N3CCC(c4nc(C)no4)C3)NN2)cc1. The first-order chi connectivity index (χ1) is 12.6. The second-order valence-electron chi connectivity index (χ2n) is 6.85. The normalized spacial score (nSPS) is 25.6. The zero-order valence-corrected chi connectivity index (χ0v) is 14.9. The summed E-state index contributed by atoms with van der Waals surface area (Å²) in [5, 5.41) is 3.84. The van der Waals surface area contributed by atoms with E-state index in [2.05, 4.69) is 21.0 Å². The quantitative estimate of drug-likeness (QED) is 0.852. The minimum Gasteiger partial charge on any atom is -0.497 e. The van der Waals surface area contributed by atoms with Gasteiger partial charge in [-0.2, -0.15) is 4.98 Å². The Balaban J connectivity index is 1.35. The fourth-order valence-corrected chi connectivity index (χ4v) is 3.63. The number of hydrazine groups is 1. The van der Waals surface area contributed by atoms with Gasteiger partial charge in [-0.3, -0.25) is 4.79 Å². The van der Waals surface area contributed by atoms with E-state index in [9.17, 15) is 4.79 Å². The molecule has 2 saturated heterocycles. The topological polar surface area (TPSA) is 92.5 Å². The molecule has 0 radical (unpaired) electrons. The van der Waals surface area contributed by atoms with Crippen molar-refractivity contribution < 1.29 is 14.1 Å². The van der Waals surface area contributed by atoms with Gasteiger partial charge in [-0.1, -0.05) is 17.3 Å². The number of nitrogens with one attached hydrogen (secondary N) is 2. The van der Waals surface area contributed by atoms with Crippen LogP contribution < -0.4 is 15.6 Å². The Labute approximate surface area is 151 Å². The molecule has 2 fully saturated rings. The molecule has 2 aliphatic heterocycles. The molecule has 0 aliphatic carbocycles. The highest BCUT2D eigenvalue weighted by molar-refractivity contribution is 5.82. The van der Waals surface area contributed by atoms with Crippen LogP contribution in [0.5, 0.6) is 5.75 Å². The maximum absolute atomic E-state index is 12.8. The molecular weight excluding hydrogens is 334 g/mol. The van der Waals surface area contributed by atoms with Gasteiger partial charge in [0.05, 0.1) is 13.0 Å². The molecule has 2 aromatic rings. The second kappa shape index (κ2) is 7.05. The Morgan fingerprint density at radius 1 is 1.31 bits per heavy atom. The highest BCUT2D eigenvalue weighted by atomic mass is 16.5. The molecule has 138 valence electrons. The Morgan fingerprint density at radius 3 is 2.81 bits per heavy atom. The van der Waals surface area contributed by atoms with E-state index in [-0.39, 0.29) is 23.9 Å². The van der Waals surface area contributed by atoms with Crippen molar-refractivity contribution in [2.75, 3.05) is 20.2 Å². The highest BCUT2D eigenvalue weighted by Gasteiger charge is 2.37. The fraction of sp³-hybridized carbons (Fsp3) is 0.500. The number of hydrogen-bond acceptors (Lipinski definition) is 7. The molecule has 8 heteroatoms. The molecule has 1 aromatic heterocycles. The van der Waals surface area contributed by atoms with E-state index < -0.39 is 0 Å². The van der Waals surface area contributed by atoms with Crippen molar-refractivity contribution in [2.45, 2.75) is 37.8 Å². The number of likely N-dealkylation sites (tertiary alicyclic amines) is 1. The zero-order valence-electron chi connectivity index (χ0n) is 14.9. The molecule has 3 atom stereocenters. The summed E-state index contributed by atoms with van der Waals surface area (Å²) in [4.78, 5) is 19.0. The number of benzene rings is 1. The van der Waals surface area contributed by atoms with Gasteiger partial charge in [-0.05, 0) is 37.5 Å². The molecular formula is C18H23N5O3. The average Bonchev–Trinajstić information content (AvgIpc) is 3.41. The lowest BCUT2D eigenvalue weighted by Gasteiger charge is -2.19. The summed E-state index contributed by atoms with van der Waals surface area (Å²) >= 11 is 0. The summed E-state index contributed by atoms with van der Waals surface area (Å²) in [6.07, 6.45) is 1.57. The third-order valence-corrected chi connectivity index (χ3v) is 5.11. The van der Waals surface area contributed by atoms with Crippen LogP contribution in [0.1, 0.15) is 42.1 Å². The largest absolute Gasteiger partial charge is 0.497 e. The predicted octanol–water partition coefficient (Wildman–Crippen LogP) is 1.31. The molecule has 1 amide bonds. The van der Waals surface area contributed by atoms with Crippen LogP contribution in [0.4, 0.5) is 0 Å². The van der Waals surface area contributed by atoms with Gasteiger partial charge in [0.2, 0.25) is 11.8 Å². The van der Waals surface area contributed by atoms with E-state index in [4.69, 9.17) is 9.26 Å². The Bertz CT molecular complexity index is 775. The van der Waals surface area contributed by atoms with Crippen LogP contribution in [-0.4, -0.2) is 47.2 Å². The molecule has 0 spiro atoms. The number of carbonyl (C=O) groups is 1. The lowest BCUT2D eigenvalue weighted by atomic mass is 10.0. The van der Waals surface area contributed by atoms with Gasteiger partial charge < -0.3 is 14.2 Å². The van der Waals surface area contributed by atoms with E-state index >= 15 is 0 Å². The third kappa shape index (κ3) is 3.30. The van der Waals surface area contributed by atoms with Gasteiger partial charge in [0, 0.05) is 19.1 Å². The zero-order chi connectivity index (χ0) is 18.1. The van der Waals surface area contributed by atoms with Gasteiger partial charge >= 0.3 is 0 Å². The smallest absolute Gasteiger partial charge is 0.241 e. The molecule has 3 unspecified atom stereocenters. The van der Waals surface area contributed by atoms with Crippen molar-refractivity contribution in [3.8, 4) is 5.75 Å². The van der Waals surface area contributed by atoms with Crippen molar-refractivity contribution in [2.24, 2.45) is 0 Å². The minimum atomic E-state index is -0.231. The fourth-order valence-electron chi connectivity index (χ4n) is 3.63. The molecule has 2 N–H and O–H groups in total. The molecule has 4 rings (SSSR count). The Kier molecular flexibility index (Phi) is 4.60. The summed E-state index contributed by atoms with van der Waals surface area (Å²) in [6, 6.07) is 7.79. The van der Waals surface area contributed by atoms with Crippen LogP contribution in [0, 0.1) is 6.92 Å². The van der Waals surface area contributed by atoms with E-state index in [0.29, 0.717) is 24.7 Å².